The Bertz CT molecular complexity index is 2440. The fourth-order valence-corrected chi connectivity index (χ4v) is 6.35. The smallest absolute Gasteiger partial charge is 0.231 e. The van der Waals surface area contributed by atoms with Gasteiger partial charge in [0.25, 0.3) is 0 Å². The first kappa shape index (κ1) is 25.4. The zero-order valence-corrected chi connectivity index (χ0v) is 24.2. The van der Waals surface area contributed by atoms with Crippen molar-refractivity contribution in [1.82, 2.24) is 4.98 Å². The Hall–Kier alpha value is -6.13. The molecule has 2 aromatic heterocycles. The van der Waals surface area contributed by atoms with Crippen LogP contribution >= 0.6 is 0 Å². The van der Waals surface area contributed by atoms with Crippen LogP contribution < -0.4 is 4.90 Å². The van der Waals surface area contributed by atoms with Crippen LogP contribution in [0.25, 0.3) is 66.4 Å². The van der Waals surface area contributed by atoms with E-state index in [9.17, 15) is 0 Å². The topological polar surface area (TPSA) is 42.4 Å². The molecule has 0 aliphatic carbocycles. The summed E-state index contributed by atoms with van der Waals surface area (Å²) in [5, 5.41) is 4.20. The van der Waals surface area contributed by atoms with E-state index >= 15 is 0 Å². The highest BCUT2D eigenvalue weighted by Crippen LogP contribution is 2.44. The van der Waals surface area contributed by atoms with E-state index in [4.69, 9.17) is 13.8 Å². The number of fused-ring (bicyclic) bond motifs is 5. The van der Waals surface area contributed by atoms with Gasteiger partial charge in [0.05, 0.1) is 5.56 Å². The summed E-state index contributed by atoms with van der Waals surface area (Å²) in [6.45, 7) is 0. The minimum absolute atomic E-state index is 0.557. The molecule has 0 saturated carbocycles. The van der Waals surface area contributed by atoms with Gasteiger partial charge in [-0.05, 0) is 82.6 Å². The number of rotatable bonds is 5. The number of hydrogen-bond donors (Lipinski definition) is 0. The van der Waals surface area contributed by atoms with Crippen molar-refractivity contribution in [3.05, 3.63) is 158 Å². The molecule has 0 unspecified atom stereocenters. The zero-order chi connectivity index (χ0) is 29.7. The summed E-state index contributed by atoms with van der Waals surface area (Å²) >= 11 is 0. The van der Waals surface area contributed by atoms with Crippen LogP contribution in [0.1, 0.15) is 0 Å². The monoisotopic (exact) mass is 578 g/mol. The van der Waals surface area contributed by atoms with E-state index in [0.717, 1.165) is 66.4 Å². The molecule has 0 amide bonds. The van der Waals surface area contributed by atoms with Gasteiger partial charge in [-0.25, -0.2) is 4.98 Å². The maximum Gasteiger partial charge on any atom is 0.231 e. The Morgan fingerprint density at radius 3 is 1.93 bits per heavy atom. The van der Waals surface area contributed by atoms with Crippen LogP contribution in [0.3, 0.4) is 0 Å². The fraction of sp³-hybridized carbons (Fsp3) is 0. The molecule has 7 aromatic carbocycles. The molecule has 9 rings (SSSR count). The number of oxazole rings is 1. The van der Waals surface area contributed by atoms with E-state index in [0.29, 0.717) is 5.89 Å². The van der Waals surface area contributed by atoms with E-state index in [1.165, 1.54) is 11.1 Å². The van der Waals surface area contributed by atoms with Gasteiger partial charge in [-0.3, -0.25) is 0 Å². The molecular weight excluding hydrogens is 552 g/mol. The van der Waals surface area contributed by atoms with Crippen molar-refractivity contribution in [3.63, 3.8) is 0 Å². The standard InChI is InChI=1S/C41H26N2O2/c1-3-11-27(12-4-1)28-19-21-31(22-20-28)43(30-14-5-2-6-15-30)32-23-24-37-34(26-32)35-25-29-13-7-8-16-33(29)39(40(35)44-37)41-42-36-17-9-10-18-38(36)45-41/h1-26H. The lowest BCUT2D eigenvalue weighted by Gasteiger charge is -2.25. The highest BCUT2D eigenvalue weighted by molar-refractivity contribution is 6.18. The Morgan fingerprint density at radius 2 is 1.11 bits per heavy atom. The van der Waals surface area contributed by atoms with Crippen LogP contribution in [0, 0.1) is 0 Å². The molecule has 4 heteroatoms. The van der Waals surface area contributed by atoms with Crippen LogP contribution in [-0.4, -0.2) is 4.98 Å². The van der Waals surface area contributed by atoms with Crippen molar-refractivity contribution < 1.29 is 8.83 Å². The molecule has 0 N–H and O–H groups in total. The Labute approximate surface area is 259 Å². The third-order valence-electron chi connectivity index (χ3n) is 8.48. The van der Waals surface area contributed by atoms with Gasteiger partial charge in [0, 0.05) is 27.8 Å². The number of anilines is 3. The number of furan rings is 1. The second-order valence-electron chi connectivity index (χ2n) is 11.2. The summed E-state index contributed by atoms with van der Waals surface area (Å²) in [6, 6.07) is 54.5. The van der Waals surface area contributed by atoms with Gasteiger partial charge >= 0.3 is 0 Å². The highest BCUT2D eigenvalue weighted by atomic mass is 16.4. The molecule has 4 nitrogen and oxygen atoms in total. The van der Waals surface area contributed by atoms with Gasteiger partial charge in [-0.15, -0.1) is 0 Å². The molecule has 212 valence electrons. The van der Waals surface area contributed by atoms with E-state index in [1.54, 1.807) is 0 Å². The second kappa shape index (κ2) is 10.2. The van der Waals surface area contributed by atoms with Crippen LogP contribution in [0.2, 0.25) is 0 Å². The van der Waals surface area contributed by atoms with E-state index < -0.39 is 0 Å². The van der Waals surface area contributed by atoms with Gasteiger partial charge in [0.2, 0.25) is 5.89 Å². The fourth-order valence-electron chi connectivity index (χ4n) is 6.35. The van der Waals surface area contributed by atoms with Crippen molar-refractivity contribution in [3.8, 4) is 22.6 Å². The lowest BCUT2D eigenvalue weighted by Crippen LogP contribution is -2.09. The second-order valence-corrected chi connectivity index (χ2v) is 11.2. The summed E-state index contributed by atoms with van der Waals surface area (Å²) in [6.07, 6.45) is 0. The molecule has 0 aliphatic rings. The maximum atomic E-state index is 6.63. The predicted octanol–water partition coefficient (Wildman–Crippen LogP) is 11.7. The Morgan fingerprint density at radius 1 is 0.444 bits per heavy atom. The molecule has 45 heavy (non-hydrogen) atoms. The number of aromatic nitrogens is 1. The molecule has 0 spiro atoms. The van der Waals surface area contributed by atoms with Gasteiger partial charge in [-0.2, -0.15) is 0 Å². The lowest BCUT2D eigenvalue weighted by molar-refractivity contribution is 0.616. The first-order valence-electron chi connectivity index (χ1n) is 15.0. The normalized spacial score (nSPS) is 11.6. The van der Waals surface area contributed by atoms with E-state index in [1.807, 2.05) is 42.5 Å². The molecule has 0 fully saturated rings. The number of nitrogens with zero attached hydrogens (tertiary/aromatic N) is 2. The summed E-state index contributed by atoms with van der Waals surface area (Å²) in [4.78, 5) is 7.16. The zero-order valence-electron chi connectivity index (χ0n) is 24.2. The molecule has 2 heterocycles. The van der Waals surface area contributed by atoms with Gasteiger partial charge in [0.1, 0.15) is 16.7 Å². The van der Waals surface area contributed by atoms with Crippen molar-refractivity contribution in [1.29, 1.82) is 0 Å². The third kappa shape index (κ3) is 4.27. The van der Waals surface area contributed by atoms with Crippen LogP contribution in [0.15, 0.2) is 167 Å². The molecular formula is C41H26N2O2. The molecule has 0 radical (unpaired) electrons. The predicted molar refractivity (Wildman–Crippen MR) is 184 cm³/mol. The first-order valence-corrected chi connectivity index (χ1v) is 15.0. The maximum absolute atomic E-state index is 6.63. The number of benzene rings is 7. The van der Waals surface area contributed by atoms with Gasteiger partial charge in [-0.1, -0.05) is 97.1 Å². The molecule has 0 atom stereocenters. The van der Waals surface area contributed by atoms with Gasteiger partial charge < -0.3 is 13.7 Å². The molecule has 0 saturated heterocycles. The van der Waals surface area contributed by atoms with Crippen LogP contribution in [0.4, 0.5) is 17.1 Å². The molecule has 0 aliphatic heterocycles. The Balaban J connectivity index is 1.25. The SMILES string of the molecule is c1ccc(-c2ccc(N(c3ccccc3)c3ccc4oc5c(-c6nc7ccccc7o6)c6ccccc6cc5c4c3)cc2)cc1. The van der Waals surface area contributed by atoms with Crippen molar-refractivity contribution in [2.75, 3.05) is 4.90 Å². The summed E-state index contributed by atoms with van der Waals surface area (Å²) in [5.74, 6) is 0.557. The summed E-state index contributed by atoms with van der Waals surface area (Å²) in [5.41, 5.74) is 9.60. The van der Waals surface area contributed by atoms with Crippen molar-refractivity contribution >= 4 is 60.9 Å². The van der Waals surface area contributed by atoms with Crippen molar-refractivity contribution in [2.45, 2.75) is 0 Å². The first-order chi connectivity index (χ1) is 22.3. The average molecular weight is 579 g/mol. The summed E-state index contributed by atoms with van der Waals surface area (Å²) < 4.78 is 12.9. The van der Waals surface area contributed by atoms with Gasteiger partial charge in [0.15, 0.2) is 5.58 Å². The minimum Gasteiger partial charge on any atom is -0.455 e. The van der Waals surface area contributed by atoms with Crippen molar-refractivity contribution in [2.24, 2.45) is 0 Å². The van der Waals surface area contributed by atoms with E-state index in [2.05, 4.69) is 120 Å². The van der Waals surface area contributed by atoms with Crippen LogP contribution in [-0.2, 0) is 0 Å². The minimum atomic E-state index is 0.557. The largest absolute Gasteiger partial charge is 0.455 e. The van der Waals surface area contributed by atoms with E-state index in [-0.39, 0.29) is 0 Å². The quantitative estimate of drug-likeness (QED) is 0.204. The number of hydrogen-bond acceptors (Lipinski definition) is 4. The third-order valence-corrected chi connectivity index (χ3v) is 8.48. The molecule has 9 aromatic rings. The average Bonchev–Trinajstić information content (AvgIpc) is 3.70. The molecule has 0 bridgehead atoms. The highest BCUT2D eigenvalue weighted by Gasteiger charge is 2.22. The summed E-state index contributed by atoms with van der Waals surface area (Å²) in [7, 11) is 0. The Kier molecular flexibility index (Phi) is 5.78. The van der Waals surface area contributed by atoms with Crippen LogP contribution in [0.5, 0.6) is 0 Å². The number of para-hydroxylation sites is 3. The lowest BCUT2D eigenvalue weighted by atomic mass is 10.00.